The number of fused-ring (bicyclic) bond motifs is 1. The fraction of sp³-hybridized carbons (Fsp3) is 0.500. The zero-order valence-corrected chi connectivity index (χ0v) is 20.5. The highest BCUT2D eigenvalue weighted by molar-refractivity contribution is 7.99. The van der Waals surface area contributed by atoms with Crippen LogP contribution in [0, 0.1) is 11.3 Å². The molecule has 2 aliphatic rings. The third kappa shape index (κ3) is 4.56. The summed E-state index contributed by atoms with van der Waals surface area (Å²) in [7, 11) is 0. The summed E-state index contributed by atoms with van der Waals surface area (Å²) in [6.45, 7) is 10.7. The second-order valence-electron chi connectivity index (χ2n) is 10.2. The summed E-state index contributed by atoms with van der Waals surface area (Å²) in [5.41, 5.74) is 4.12. The molecule has 0 radical (unpaired) electrons. The van der Waals surface area contributed by atoms with Gasteiger partial charge in [0.25, 0.3) is 5.56 Å². The second kappa shape index (κ2) is 8.89. The normalized spacial score (nSPS) is 19.6. The van der Waals surface area contributed by atoms with Gasteiger partial charge in [-0.3, -0.25) is 9.59 Å². The van der Waals surface area contributed by atoms with E-state index in [1.165, 1.54) is 5.56 Å². The van der Waals surface area contributed by atoms with Crippen LogP contribution in [-0.2, 0) is 11.2 Å². The van der Waals surface area contributed by atoms with Gasteiger partial charge in [-0.05, 0) is 41.7 Å². The summed E-state index contributed by atoms with van der Waals surface area (Å²) < 4.78 is 0. The van der Waals surface area contributed by atoms with Gasteiger partial charge < -0.3 is 10.3 Å². The second-order valence-corrected chi connectivity index (χ2v) is 11.2. The first kappa shape index (κ1) is 22.8. The lowest BCUT2D eigenvalue weighted by molar-refractivity contribution is -0.118. The molecule has 2 N–H and O–H groups in total. The Kier molecular flexibility index (Phi) is 6.35. The van der Waals surface area contributed by atoms with Crippen LogP contribution in [0.2, 0.25) is 0 Å². The van der Waals surface area contributed by atoms with Crippen LogP contribution in [0.5, 0.6) is 0 Å². The lowest BCUT2D eigenvalue weighted by atomic mass is 9.69. The standard InChI is InChI=1S/C26H33N3O2S/c1-6-16-7-9-17(10-8-16)20-21-18(13-26(4,5)14-19(21)30)27-23-22(20)24(31)29-25(28-23)32-12-11-15(2)3/h7-10,15,20H,6,11-14H2,1-5H3,(H2,27,28,29,31). The van der Waals surface area contributed by atoms with Crippen molar-refractivity contribution in [1.29, 1.82) is 0 Å². The molecule has 1 aromatic carbocycles. The summed E-state index contributed by atoms with van der Waals surface area (Å²) in [5.74, 6) is 1.83. The van der Waals surface area contributed by atoms with Crippen molar-refractivity contribution >= 4 is 23.4 Å². The number of aryl methyl sites for hydroxylation is 1. The van der Waals surface area contributed by atoms with Crippen LogP contribution in [0.4, 0.5) is 5.82 Å². The molecule has 0 spiro atoms. The van der Waals surface area contributed by atoms with Gasteiger partial charge in [0.15, 0.2) is 10.9 Å². The number of ketones is 1. The van der Waals surface area contributed by atoms with Crippen molar-refractivity contribution in [3.63, 3.8) is 0 Å². The largest absolute Gasteiger partial charge is 0.343 e. The van der Waals surface area contributed by atoms with Crippen molar-refractivity contribution in [3.05, 3.63) is 62.6 Å². The van der Waals surface area contributed by atoms with Crippen molar-refractivity contribution in [2.75, 3.05) is 11.1 Å². The molecule has 6 heteroatoms. The molecule has 32 heavy (non-hydrogen) atoms. The van der Waals surface area contributed by atoms with Crippen molar-refractivity contribution in [2.24, 2.45) is 11.3 Å². The van der Waals surface area contributed by atoms with Crippen LogP contribution in [0.25, 0.3) is 0 Å². The van der Waals surface area contributed by atoms with E-state index < -0.39 is 0 Å². The van der Waals surface area contributed by atoms with Crippen molar-refractivity contribution in [3.8, 4) is 0 Å². The number of allylic oxidation sites excluding steroid dienone is 2. The molecular formula is C26H33N3O2S. The molecule has 0 saturated heterocycles. The molecule has 1 aromatic heterocycles. The number of thioether (sulfide) groups is 1. The van der Waals surface area contributed by atoms with E-state index in [1.54, 1.807) is 11.8 Å². The van der Waals surface area contributed by atoms with Gasteiger partial charge >= 0.3 is 0 Å². The van der Waals surface area contributed by atoms with Gasteiger partial charge in [-0.1, -0.05) is 70.6 Å². The third-order valence-electron chi connectivity index (χ3n) is 6.36. The van der Waals surface area contributed by atoms with E-state index in [9.17, 15) is 9.59 Å². The molecule has 4 rings (SSSR count). The Bertz CT molecular complexity index is 1110. The monoisotopic (exact) mass is 451 g/mol. The van der Waals surface area contributed by atoms with Crippen LogP contribution >= 0.6 is 11.8 Å². The van der Waals surface area contributed by atoms with Gasteiger partial charge in [0.05, 0.1) is 5.56 Å². The SMILES string of the molecule is CCc1ccc(C2C3=C(CC(C)(C)CC3=O)Nc3nc(SCCC(C)C)[nH]c(=O)c32)cc1. The van der Waals surface area contributed by atoms with Crippen molar-refractivity contribution in [2.45, 2.75) is 71.4 Å². The number of benzene rings is 1. The molecule has 1 atom stereocenters. The smallest absolute Gasteiger partial charge is 0.257 e. The number of Topliss-reactive ketones (excluding diaryl/α,β-unsaturated/α-hetero) is 1. The Hall–Kier alpha value is -2.34. The molecule has 1 aliphatic carbocycles. The first-order chi connectivity index (χ1) is 15.2. The Morgan fingerprint density at radius 3 is 2.53 bits per heavy atom. The number of carbonyl (C=O) groups excluding carboxylic acids is 1. The Morgan fingerprint density at radius 1 is 1.16 bits per heavy atom. The summed E-state index contributed by atoms with van der Waals surface area (Å²) in [4.78, 5) is 34.4. The first-order valence-electron chi connectivity index (χ1n) is 11.6. The minimum Gasteiger partial charge on any atom is -0.343 e. The van der Waals surface area contributed by atoms with Gasteiger partial charge in [0.1, 0.15) is 5.82 Å². The van der Waals surface area contributed by atoms with E-state index >= 15 is 0 Å². The number of hydrogen-bond acceptors (Lipinski definition) is 5. The van der Waals surface area contributed by atoms with E-state index in [1.807, 2.05) is 0 Å². The van der Waals surface area contributed by atoms with Gasteiger partial charge in [-0.25, -0.2) is 4.98 Å². The van der Waals surface area contributed by atoms with Crippen LogP contribution < -0.4 is 10.9 Å². The molecule has 0 bridgehead atoms. The summed E-state index contributed by atoms with van der Waals surface area (Å²) >= 11 is 1.58. The molecule has 2 aromatic rings. The highest BCUT2D eigenvalue weighted by Crippen LogP contribution is 2.47. The molecule has 2 heterocycles. The summed E-state index contributed by atoms with van der Waals surface area (Å²) in [5, 5.41) is 4.03. The van der Waals surface area contributed by atoms with Crippen molar-refractivity contribution in [1.82, 2.24) is 9.97 Å². The van der Waals surface area contributed by atoms with Crippen molar-refractivity contribution < 1.29 is 4.79 Å². The number of rotatable bonds is 6. The van der Waals surface area contributed by atoms with Gasteiger partial charge in [0.2, 0.25) is 0 Å². The molecule has 1 unspecified atom stereocenters. The predicted molar refractivity (Wildman–Crippen MR) is 131 cm³/mol. The average Bonchev–Trinajstić information content (AvgIpc) is 2.71. The minimum absolute atomic E-state index is 0.118. The number of aromatic amines is 1. The Balaban J connectivity index is 1.81. The Morgan fingerprint density at radius 2 is 1.88 bits per heavy atom. The highest BCUT2D eigenvalue weighted by Gasteiger charge is 2.42. The third-order valence-corrected chi connectivity index (χ3v) is 7.26. The van der Waals surface area contributed by atoms with Gasteiger partial charge in [-0.15, -0.1) is 0 Å². The number of nitrogens with zero attached hydrogens (tertiary/aromatic N) is 1. The number of hydrogen-bond donors (Lipinski definition) is 2. The van der Waals surface area contributed by atoms with E-state index in [0.29, 0.717) is 28.9 Å². The topological polar surface area (TPSA) is 74.8 Å². The minimum atomic E-state index is -0.387. The fourth-order valence-corrected chi connectivity index (χ4v) is 5.74. The average molecular weight is 452 g/mol. The molecule has 0 amide bonds. The van der Waals surface area contributed by atoms with Crippen LogP contribution in [0.1, 0.15) is 76.5 Å². The quantitative estimate of drug-likeness (QED) is 0.437. The Labute approximate surface area is 194 Å². The van der Waals surface area contributed by atoms with Gasteiger partial charge in [0, 0.05) is 29.4 Å². The zero-order valence-electron chi connectivity index (χ0n) is 19.7. The summed E-state index contributed by atoms with van der Waals surface area (Å²) in [6, 6.07) is 8.29. The number of H-pyrrole nitrogens is 1. The van der Waals surface area contributed by atoms with Crippen LogP contribution in [-0.4, -0.2) is 21.5 Å². The maximum atomic E-state index is 13.3. The maximum absolute atomic E-state index is 13.3. The highest BCUT2D eigenvalue weighted by atomic mass is 32.2. The van der Waals surface area contributed by atoms with E-state index in [4.69, 9.17) is 4.98 Å². The lowest BCUT2D eigenvalue weighted by Crippen LogP contribution is -2.37. The number of carbonyl (C=O) groups is 1. The van der Waals surface area contributed by atoms with E-state index in [2.05, 4.69) is 69.2 Å². The molecule has 5 nitrogen and oxygen atoms in total. The molecule has 0 fully saturated rings. The van der Waals surface area contributed by atoms with Crippen LogP contribution in [0.15, 0.2) is 45.5 Å². The maximum Gasteiger partial charge on any atom is 0.257 e. The molecule has 170 valence electrons. The number of nitrogens with one attached hydrogen (secondary N) is 2. The first-order valence-corrected chi connectivity index (χ1v) is 12.6. The number of aromatic nitrogens is 2. The van der Waals surface area contributed by atoms with Crippen LogP contribution in [0.3, 0.4) is 0 Å². The molecular weight excluding hydrogens is 418 g/mol. The summed E-state index contributed by atoms with van der Waals surface area (Å²) in [6.07, 6.45) is 3.26. The fourth-order valence-electron chi connectivity index (χ4n) is 4.63. The lowest BCUT2D eigenvalue weighted by Gasteiger charge is -2.38. The predicted octanol–water partition coefficient (Wildman–Crippen LogP) is 5.67. The number of anilines is 1. The zero-order chi connectivity index (χ0) is 23.0. The van der Waals surface area contributed by atoms with E-state index in [-0.39, 0.29) is 22.7 Å². The van der Waals surface area contributed by atoms with Gasteiger partial charge in [-0.2, -0.15) is 0 Å². The molecule has 1 aliphatic heterocycles. The molecule has 0 saturated carbocycles. The van der Waals surface area contributed by atoms with E-state index in [0.717, 1.165) is 41.8 Å².